The number of ether oxygens (including phenoxy) is 1. The number of halogens is 1. The van der Waals surface area contributed by atoms with E-state index in [9.17, 15) is 0 Å². The summed E-state index contributed by atoms with van der Waals surface area (Å²) < 4.78 is 7.53. The second-order valence-corrected chi connectivity index (χ2v) is 5.08. The van der Waals surface area contributed by atoms with Crippen molar-refractivity contribution < 1.29 is 4.74 Å². The molecule has 0 saturated carbocycles. The first-order chi connectivity index (χ1) is 9.61. The highest BCUT2D eigenvalue weighted by molar-refractivity contribution is 6.29. The predicted octanol–water partition coefficient (Wildman–Crippen LogP) is 3.32. The van der Waals surface area contributed by atoms with E-state index in [0.29, 0.717) is 17.8 Å². The van der Waals surface area contributed by atoms with E-state index in [0.717, 1.165) is 18.1 Å². The summed E-state index contributed by atoms with van der Waals surface area (Å²) in [5.41, 5.74) is 1.25. The van der Waals surface area contributed by atoms with E-state index < -0.39 is 0 Å². The molecule has 2 aromatic rings. The minimum atomic E-state index is 0.349. The topological polar surface area (TPSA) is 39.1 Å². The molecular formula is C15H20ClN3O. The fourth-order valence-electron chi connectivity index (χ4n) is 1.98. The van der Waals surface area contributed by atoms with Crippen molar-refractivity contribution in [2.45, 2.75) is 26.5 Å². The van der Waals surface area contributed by atoms with Gasteiger partial charge in [0, 0.05) is 13.1 Å². The van der Waals surface area contributed by atoms with Gasteiger partial charge in [-0.05, 0) is 31.2 Å². The van der Waals surface area contributed by atoms with Gasteiger partial charge in [-0.25, -0.2) is 4.98 Å². The molecule has 1 N–H and O–H groups in total. The average Bonchev–Trinajstić information content (AvgIpc) is 2.77. The van der Waals surface area contributed by atoms with Crippen LogP contribution in [0.15, 0.2) is 30.5 Å². The van der Waals surface area contributed by atoms with Crippen LogP contribution in [-0.4, -0.2) is 16.1 Å². The molecule has 20 heavy (non-hydrogen) atoms. The van der Waals surface area contributed by atoms with Gasteiger partial charge in [0.05, 0.1) is 6.20 Å². The maximum Gasteiger partial charge on any atom is 0.147 e. The Hall–Kier alpha value is -1.52. The summed E-state index contributed by atoms with van der Waals surface area (Å²) in [6.45, 7) is 5.62. The number of rotatable bonds is 6. The average molecular weight is 294 g/mol. The van der Waals surface area contributed by atoms with Crippen molar-refractivity contribution in [3.05, 3.63) is 47.0 Å². The fourth-order valence-corrected chi connectivity index (χ4v) is 2.13. The molecule has 4 nitrogen and oxygen atoms in total. The van der Waals surface area contributed by atoms with Crippen LogP contribution in [0.4, 0.5) is 0 Å². The molecule has 0 spiro atoms. The highest BCUT2D eigenvalue weighted by Gasteiger charge is 2.06. The van der Waals surface area contributed by atoms with E-state index in [2.05, 4.69) is 36.3 Å². The molecular weight excluding hydrogens is 274 g/mol. The van der Waals surface area contributed by atoms with Crippen molar-refractivity contribution in [1.82, 2.24) is 14.9 Å². The summed E-state index contributed by atoms with van der Waals surface area (Å²) in [6.07, 6.45) is 1.63. The summed E-state index contributed by atoms with van der Waals surface area (Å²) in [5, 5.41) is 3.99. The van der Waals surface area contributed by atoms with Crippen molar-refractivity contribution in [3.8, 4) is 5.75 Å². The monoisotopic (exact) mass is 293 g/mol. The lowest BCUT2D eigenvalue weighted by atomic mass is 10.1. The largest absolute Gasteiger partial charge is 0.486 e. The van der Waals surface area contributed by atoms with Gasteiger partial charge >= 0.3 is 0 Å². The molecule has 0 saturated heterocycles. The van der Waals surface area contributed by atoms with E-state index in [4.69, 9.17) is 16.3 Å². The van der Waals surface area contributed by atoms with E-state index in [1.165, 1.54) is 5.56 Å². The number of nitrogens with zero attached hydrogens (tertiary/aromatic N) is 2. The predicted molar refractivity (Wildman–Crippen MR) is 81.1 cm³/mol. The number of hydrogen-bond donors (Lipinski definition) is 1. The summed E-state index contributed by atoms with van der Waals surface area (Å²) in [6, 6.07) is 8.46. The van der Waals surface area contributed by atoms with E-state index in [-0.39, 0.29) is 0 Å². The Kier molecular flexibility index (Phi) is 5.04. The number of benzene rings is 1. The van der Waals surface area contributed by atoms with Gasteiger partial charge in [-0.1, -0.05) is 30.7 Å². The fraction of sp³-hybridized carbons (Fsp3) is 0.400. The van der Waals surface area contributed by atoms with Gasteiger partial charge in [0.1, 0.15) is 23.3 Å². The van der Waals surface area contributed by atoms with Crippen molar-refractivity contribution in [3.63, 3.8) is 0 Å². The first-order valence-corrected chi connectivity index (χ1v) is 7.11. The van der Waals surface area contributed by atoms with Crippen LogP contribution in [0, 0.1) is 0 Å². The van der Waals surface area contributed by atoms with Gasteiger partial charge in [0.2, 0.25) is 0 Å². The molecule has 0 aliphatic heterocycles. The molecule has 0 fully saturated rings. The Morgan fingerprint density at radius 3 is 2.60 bits per heavy atom. The highest BCUT2D eigenvalue weighted by Crippen LogP contribution is 2.19. The second kappa shape index (κ2) is 6.77. The van der Waals surface area contributed by atoms with E-state index in [1.54, 1.807) is 6.20 Å². The summed E-state index contributed by atoms with van der Waals surface area (Å²) in [5.74, 6) is 1.64. The minimum absolute atomic E-state index is 0.349. The highest BCUT2D eigenvalue weighted by atomic mass is 35.5. The molecule has 1 aromatic carbocycles. The molecule has 1 unspecified atom stereocenters. The molecule has 2 rings (SSSR count). The second-order valence-electron chi connectivity index (χ2n) is 4.69. The molecule has 1 atom stereocenters. The third kappa shape index (κ3) is 3.52. The van der Waals surface area contributed by atoms with Crippen LogP contribution in [-0.2, 0) is 13.7 Å². The molecule has 0 bridgehead atoms. The Labute approximate surface area is 124 Å². The molecule has 0 radical (unpaired) electrons. The first-order valence-electron chi connectivity index (χ1n) is 6.74. The summed E-state index contributed by atoms with van der Waals surface area (Å²) >= 11 is 5.93. The minimum Gasteiger partial charge on any atom is -0.486 e. The van der Waals surface area contributed by atoms with Gasteiger partial charge < -0.3 is 14.6 Å². The maximum atomic E-state index is 5.93. The van der Waals surface area contributed by atoms with Crippen molar-refractivity contribution in [2.24, 2.45) is 7.05 Å². The van der Waals surface area contributed by atoms with Gasteiger partial charge in [-0.3, -0.25) is 0 Å². The molecule has 5 heteroatoms. The Balaban J connectivity index is 1.95. The van der Waals surface area contributed by atoms with Gasteiger partial charge in [0.15, 0.2) is 0 Å². The Morgan fingerprint density at radius 2 is 2.05 bits per heavy atom. The van der Waals surface area contributed by atoms with Crippen LogP contribution in [0.5, 0.6) is 5.75 Å². The van der Waals surface area contributed by atoms with Crippen LogP contribution >= 0.6 is 11.6 Å². The number of aromatic nitrogens is 2. The normalized spacial score (nSPS) is 12.4. The van der Waals surface area contributed by atoms with Gasteiger partial charge in [-0.2, -0.15) is 0 Å². The van der Waals surface area contributed by atoms with Crippen molar-refractivity contribution >= 4 is 11.6 Å². The van der Waals surface area contributed by atoms with Crippen LogP contribution in [0.2, 0.25) is 5.15 Å². The van der Waals surface area contributed by atoms with E-state index >= 15 is 0 Å². The van der Waals surface area contributed by atoms with Crippen LogP contribution in [0.3, 0.4) is 0 Å². The molecule has 1 heterocycles. The van der Waals surface area contributed by atoms with Crippen LogP contribution in [0.25, 0.3) is 0 Å². The standard InChI is InChI=1S/C15H20ClN3O/c1-4-17-11(2)12-5-7-13(8-6-12)20-10-15-18-9-14(16)19(15)3/h5-9,11,17H,4,10H2,1-3H3. The zero-order chi connectivity index (χ0) is 14.5. The molecule has 1 aromatic heterocycles. The molecule has 0 aliphatic carbocycles. The Morgan fingerprint density at radius 1 is 1.35 bits per heavy atom. The number of hydrogen-bond acceptors (Lipinski definition) is 3. The molecule has 0 aliphatic rings. The zero-order valence-electron chi connectivity index (χ0n) is 12.1. The lowest BCUT2D eigenvalue weighted by Gasteiger charge is -2.13. The molecule has 108 valence electrons. The number of imidazole rings is 1. The zero-order valence-corrected chi connectivity index (χ0v) is 12.8. The smallest absolute Gasteiger partial charge is 0.147 e. The van der Waals surface area contributed by atoms with E-state index in [1.807, 2.05) is 23.7 Å². The lowest BCUT2D eigenvalue weighted by molar-refractivity contribution is 0.291. The van der Waals surface area contributed by atoms with Gasteiger partial charge in [0.25, 0.3) is 0 Å². The van der Waals surface area contributed by atoms with Gasteiger partial charge in [-0.15, -0.1) is 0 Å². The number of nitrogens with one attached hydrogen (secondary N) is 1. The lowest BCUT2D eigenvalue weighted by Crippen LogP contribution is -2.17. The van der Waals surface area contributed by atoms with Crippen molar-refractivity contribution in [1.29, 1.82) is 0 Å². The van der Waals surface area contributed by atoms with Crippen LogP contribution in [0.1, 0.15) is 31.3 Å². The van der Waals surface area contributed by atoms with Crippen LogP contribution < -0.4 is 10.1 Å². The third-order valence-corrected chi connectivity index (χ3v) is 3.64. The first kappa shape index (κ1) is 14.9. The summed E-state index contributed by atoms with van der Waals surface area (Å²) in [4.78, 5) is 4.20. The third-order valence-electron chi connectivity index (χ3n) is 3.29. The Bertz CT molecular complexity index is 551. The maximum absolute atomic E-state index is 5.93. The van der Waals surface area contributed by atoms with Crippen molar-refractivity contribution in [2.75, 3.05) is 6.54 Å². The quantitative estimate of drug-likeness (QED) is 0.888. The molecule has 0 amide bonds. The summed E-state index contributed by atoms with van der Waals surface area (Å²) in [7, 11) is 1.87. The SMILES string of the molecule is CCNC(C)c1ccc(OCc2ncc(Cl)n2C)cc1.